The lowest BCUT2D eigenvalue weighted by Gasteiger charge is -2.15. The Bertz CT molecular complexity index is 1180. The van der Waals surface area contributed by atoms with E-state index in [-0.39, 0.29) is 0 Å². The first-order valence-corrected chi connectivity index (χ1v) is 10.1. The highest BCUT2D eigenvalue weighted by atomic mass is 16.5. The zero-order valence-electron chi connectivity index (χ0n) is 18.1. The van der Waals surface area contributed by atoms with Crippen molar-refractivity contribution in [2.24, 2.45) is 0 Å². The van der Waals surface area contributed by atoms with Gasteiger partial charge in [-0.3, -0.25) is 0 Å². The van der Waals surface area contributed by atoms with E-state index in [1.165, 1.54) is 0 Å². The summed E-state index contributed by atoms with van der Waals surface area (Å²) in [6.45, 7) is 2.78. The molecule has 4 aromatic rings. The molecule has 1 heterocycles. The van der Waals surface area contributed by atoms with Crippen molar-refractivity contribution in [2.45, 2.75) is 13.3 Å². The molecular weight excluding hydrogens is 394 g/mol. The quantitative estimate of drug-likeness (QED) is 0.350. The summed E-state index contributed by atoms with van der Waals surface area (Å²) in [5.74, 6) is 3.16. The van der Waals surface area contributed by atoms with Crippen LogP contribution < -0.4 is 18.9 Å². The van der Waals surface area contributed by atoms with Crippen LogP contribution in [0.25, 0.3) is 33.7 Å². The number of methoxy groups -OCH3 is 3. The van der Waals surface area contributed by atoms with Gasteiger partial charge in [0.25, 0.3) is 0 Å². The molecule has 3 aromatic carbocycles. The van der Waals surface area contributed by atoms with Gasteiger partial charge in [-0.25, -0.2) is 4.98 Å². The van der Waals surface area contributed by atoms with E-state index in [9.17, 15) is 0 Å². The van der Waals surface area contributed by atoms with E-state index in [0.717, 1.165) is 34.4 Å². The minimum Gasteiger partial charge on any atom is -0.494 e. The molecule has 6 heteroatoms. The van der Waals surface area contributed by atoms with Gasteiger partial charge < -0.3 is 23.4 Å². The number of rotatable bonds is 8. The van der Waals surface area contributed by atoms with Crippen LogP contribution in [0.15, 0.2) is 59.0 Å². The summed E-state index contributed by atoms with van der Waals surface area (Å²) in [7, 11) is 4.80. The van der Waals surface area contributed by atoms with Crippen molar-refractivity contribution < 1.29 is 23.4 Å². The van der Waals surface area contributed by atoms with Crippen molar-refractivity contribution in [2.75, 3.05) is 27.9 Å². The lowest BCUT2D eigenvalue weighted by atomic mass is 10.0. The van der Waals surface area contributed by atoms with Crippen LogP contribution in [0.5, 0.6) is 23.0 Å². The largest absolute Gasteiger partial charge is 0.494 e. The third-order valence-electron chi connectivity index (χ3n) is 4.98. The monoisotopic (exact) mass is 419 g/mol. The zero-order valence-corrected chi connectivity index (χ0v) is 18.1. The summed E-state index contributed by atoms with van der Waals surface area (Å²) in [5.41, 5.74) is 4.17. The Hall–Kier alpha value is -3.67. The van der Waals surface area contributed by atoms with E-state index in [0.29, 0.717) is 35.3 Å². The van der Waals surface area contributed by atoms with Crippen LogP contribution in [0, 0.1) is 0 Å². The standard InChI is InChI=1S/C25H25NO5/c1-5-14-30-18-9-6-16(7-10-18)25-26-20-12-8-17(15-22(20)31-25)19-11-13-21(27-2)24(29-4)23(19)28-3/h6-13,15H,5,14H2,1-4H3. The molecule has 6 nitrogen and oxygen atoms in total. The SMILES string of the molecule is CCCOc1ccc(-c2nc3ccc(-c4ccc(OC)c(OC)c4OC)cc3o2)cc1. The van der Waals surface area contributed by atoms with Crippen molar-refractivity contribution in [3.8, 4) is 45.6 Å². The van der Waals surface area contributed by atoms with Gasteiger partial charge in [0.2, 0.25) is 11.6 Å². The number of hydrogen-bond acceptors (Lipinski definition) is 6. The summed E-state index contributed by atoms with van der Waals surface area (Å²) in [5, 5.41) is 0. The van der Waals surface area contributed by atoms with Gasteiger partial charge in [-0.15, -0.1) is 0 Å². The molecule has 4 rings (SSSR count). The Labute approximate surface area is 181 Å². The van der Waals surface area contributed by atoms with E-state index in [4.69, 9.17) is 23.4 Å². The maximum Gasteiger partial charge on any atom is 0.227 e. The van der Waals surface area contributed by atoms with Gasteiger partial charge in [0, 0.05) is 11.1 Å². The highest BCUT2D eigenvalue weighted by molar-refractivity contribution is 5.85. The molecule has 0 saturated heterocycles. The molecule has 0 bridgehead atoms. The summed E-state index contributed by atoms with van der Waals surface area (Å²) in [6.07, 6.45) is 0.972. The fraction of sp³-hybridized carbons (Fsp3) is 0.240. The highest BCUT2D eigenvalue weighted by Gasteiger charge is 2.18. The number of fused-ring (bicyclic) bond motifs is 1. The van der Waals surface area contributed by atoms with E-state index in [1.807, 2.05) is 54.6 Å². The number of oxazole rings is 1. The summed E-state index contributed by atoms with van der Waals surface area (Å²) in [4.78, 5) is 4.63. The molecule has 0 amide bonds. The van der Waals surface area contributed by atoms with Gasteiger partial charge in [-0.2, -0.15) is 0 Å². The topological polar surface area (TPSA) is 63.0 Å². The number of aromatic nitrogens is 1. The van der Waals surface area contributed by atoms with Crippen molar-refractivity contribution in [1.82, 2.24) is 4.98 Å². The molecule has 0 unspecified atom stereocenters. The van der Waals surface area contributed by atoms with Crippen LogP contribution in [-0.4, -0.2) is 32.9 Å². The van der Waals surface area contributed by atoms with E-state index in [1.54, 1.807) is 21.3 Å². The Morgan fingerprint density at radius 3 is 2.23 bits per heavy atom. The van der Waals surface area contributed by atoms with Gasteiger partial charge in [-0.1, -0.05) is 13.0 Å². The molecule has 160 valence electrons. The molecule has 0 radical (unpaired) electrons. The third kappa shape index (κ3) is 4.01. The highest BCUT2D eigenvalue weighted by Crippen LogP contribution is 2.44. The van der Waals surface area contributed by atoms with E-state index in [2.05, 4.69) is 11.9 Å². The second-order valence-electron chi connectivity index (χ2n) is 6.96. The second-order valence-corrected chi connectivity index (χ2v) is 6.96. The molecule has 0 N–H and O–H groups in total. The molecule has 1 aromatic heterocycles. The molecule has 0 aliphatic heterocycles. The number of hydrogen-bond donors (Lipinski definition) is 0. The second kappa shape index (κ2) is 9.00. The Morgan fingerprint density at radius 2 is 1.55 bits per heavy atom. The van der Waals surface area contributed by atoms with Crippen molar-refractivity contribution in [3.05, 3.63) is 54.6 Å². The van der Waals surface area contributed by atoms with Gasteiger partial charge >= 0.3 is 0 Å². The van der Waals surface area contributed by atoms with Crippen molar-refractivity contribution in [1.29, 1.82) is 0 Å². The first kappa shape index (κ1) is 20.6. The van der Waals surface area contributed by atoms with Gasteiger partial charge in [0.1, 0.15) is 11.3 Å². The van der Waals surface area contributed by atoms with Crippen LogP contribution in [0.3, 0.4) is 0 Å². The maximum atomic E-state index is 6.06. The predicted molar refractivity (Wildman–Crippen MR) is 120 cm³/mol. The van der Waals surface area contributed by atoms with Gasteiger partial charge in [-0.05, 0) is 60.5 Å². The molecule has 0 saturated carbocycles. The lowest BCUT2D eigenvalue weighted by molar-refractivity contribution is 0.317. The molecular formula is C25H25NO5. The van der Waals surface area contributed by atoms with E-state index < -0.39 is 0 Å². The maximum absolute atomic E-state index is 6.06. The predicted octanol–water partition coefficient (Wildman–Crippen LogP) is 5.98. The average Bonchev–Trinajstić information content (AvgIpc) is 3.25. The fourth-order valence-electron chi connectivity index (χ4n) is 3.46. The minimum atomic E-state index is 0.547. The van der Waals surface area contributed by atoms with E-state index >= 15 is 0 Å². The molecule has 0 atom stereocenters. The minimum absolute atomic E-state index is 0.547. The third-order valence-corrected chi connectivity index (χ3v) is 4.98. The fourth-order valence-corrected chi connectivity index (χ4v) is 3.46. The van der Waals surface area contributed by atoms with Crippen LogP contribution in [0.1, 0.15) is 13.3 Å². The molecule has 31 heavy (non-hydrogen) atoms. The van der Waals surface area contributed by atoms with Crippen LogP contribution >= 0.6 is 0 Å². The Kier molecular flexibility index (Phi) is 5.98. The molecule has 0 aliphatic carbocycles. The normalized spacial score (nSPS) is 10.8. The smallest absolute Gasteiger partial charge is 0.227 e. The number of nitrogens with zero attached hydrogens (tertiary/aromatic N) is 1. The van der Waals surface area contributed by atoms with Crippen LogP contribution in [0.4, 0.5) is 0 Å². The van der Waals surface area contributed by atoms with Crippen LogP contribution in [0.2, 0.25) is 0 Å². The van der Waals surface area contributed by atoms with Crippen LogP contribution in [-0.2, 0) is 0 Å². The van der Waals surface area contributed by atoms with Gasteiger partial charge in [0.05, 0.1) is 27.9 Å². The van der Waals surface area contributed by atoms with Gasteiger partial charge in [0.15, 0.2) is 17.1 Å². The summed E-state index contributed by atoms with van der Waals surface area (Å²) < 4.78 is 28.2. The first-order valence-electron chi connectivity index (χ1n) is 10.1. The number of ether oxygens (including phenoxy) is 4. The first-order chi connectivity index (χ1) is 15.2. The lowest BCUT2D eigenvalue weighted by Crippen LogP contribution is -1.96. The molecule has 0 spiro atoms. The number of benzene rings is 3. The van der Waals surface area contributed by atoms with Crippen molar-refractivity contribution >= 4 is 11.1 Å². The summed E-state index contributed by atoms with van der Waals surface area (Å²) in [6, 6.07) is 17.4. The molecule has 0 aliphatic rings. The Balaban J connectivity index is 1.70. The zero-order chi connectivity index (χ0) is 21.8. The average molecular weight is 419 g/mol. The Morgan fingerprint density at radius 1 is 0.806 bits per heavy atom. The summed E-state index contributed by atoms with van der Waals surface area (Å²) >= 11 is 0. The molecule has 0 fully saturated rings. The van der Waals surface area contributed by atoms with Crippen molar-refractivity contribution in [3.63, 3.8) is 0 Å².